The SMILES string of the molecule is CCCCc1ccc(CCC2CCc3c(cc(F)c(C4CCC(c5ccc(OC(F)(F)F)c(F)c5F)CC4)c3F)C2)c(F)c1F. The van der Waals surface area contributed by atoms with E-state index in [2.05, 4.69) is 4.74 Å². The molecule has 3 aromatic carbocycles. The van der Waals surface area contributed by atoms with E-state index in [-0.39, 0.29) is 29.9 Å². The Balaban J connectivity index is 1.22. The molecule has 244 valence electrons. The fourth-order valence-electron chi connectivity index (χ4n) is 7.06. The van der Waals surface area contributed by atoms with Crippen molar-refractivity contribution in [2.45, 2.75) is 102 Å². The molecule has 0 N–H and O–H groups in total. The topological polar surface area (TPSA) is 9.23 Å². The molecule has 1 atom stereocenters. The Morgan fingerprint density at radius 3 is 2.02 bits per heavy atom. The summed E-state index contributed by atoms with van der Waals surface area (Å²) in [7, 11) is 0. The van der Waals surface area contributed by atoms with Gasteiger partial charge >= 0.3 is 6.36 Å². The summed E-state index contributed by atoms with van der Waals surface area (Å²) in [5.41, 5.74) is 1.58. The third-order valence-corrected chi connectivity index (χ3v) is 9.50. The summed E-state index contributed by atoms with van der Waals surface area (Å²) in [5, 5.41) is 0. The van der Waals surface area contributed by atoms with E-state index >= 15 is 8.78 Å². The second kappa shape index (κ2) is 13.7. The van der Waals surface area contributed by atoms with Crippen LogP contribution in [0.25, 0.3) is 0 Å². The van der Waals surface area contributed by atoms with Crippen LogP contribution in [0, 0.1) is 40.8 Å². The van der Waals surface area contributed by atoms with Crippen molar-refractivity contribution in [3.8, 4) is 5.75 Å². The number of unbranched alkanes of at least 4 members (excludes halogenated alkanes) is 1. The highest BCUT2D eigenvalue weighted by atomic mass is 19.4. The summed E-state index contributed by atoms with van der Waals surface area (Å²) in [4.78, 5) is 0. The number of hydrogen-bond donors (Lipinski definition) is 0. The van der Waals surface area contributed by atoms with Gasteiger partial charge in [-0.25, -0.2) is 22.0 Å². The minimum atomic E-state index is -5.17. The lowest BCUT2D eigenvalue weighted by molar-refractivity contribution is -0.275. The molecule has 0 radical (unpaired) electrons. The van der Waals surface area contributed by atoms with Gasteiger partial charge < -0.3 is 4.74 Å². The van der Waals surface area contributed by atoms with E-state index in [1.54, 1.807) is 12.1 Å². The first-order chi connectivity index (χ1) is 21.4. The molecule has 10 heteroatoms. The Morgan fingerprint density at radius 2 is 1.38 bits per heavy atom. The Morgan fingerprint density at radius 1 is 0.733 bits per heavy atom. The highest BCUT2D eigenvalue weighted by Crippen LogP contribution is 2.45. The van der Waals surface area contributed by atoms with E-state index in [1.165, 1.54) is 6.07 Å². The second-order valence-electron chi connectivity index (χ2n) is 12.4. The zero-order chi connectivity index (χ0) is 32.5. The number of rotatable bonds is 9. The molecule has 1 saturated carbocycles. The van der Waals surface area contributed by atoms with Gasteiger partial charge in [0.15, 0.2) is 23.2 Å². The van der Waals surface area contributed by atoms with Crippen LogP contribution in [0.4, 0.5) is 39.5 Å². The third kappa shape index (κ3) is 7.30. The molecule has 0 saturated heterocycles. The van der Waals surface area contributed by atoms with E-state index in [4.69, 9.17) is 0 Å². The van der Waals surface area contributed by atoms with Crippen molar-refractivity contribution in [3.05, 3.63) is 98.6 Å². The van der Waals surface area contributed by atoms with Crippen LogP contribution in [0.15, 0.2) is 30.3 Å². The standard InChI is InChI=1S/C35H35F9O/c1-2-3-4-22-12-13-23(31(38)30(22)37)7-5-19-6-14-26-24(17-19)18-27(36)29(32(26)39)21-10-8-20(9-11-21)25-15-16-28(34(41)33(25)40)45-35(42,43)44/h12-13,15-16,18-21H,2-11,14,17H2,1H3. The molecule has 0 aromatic heterocycles. The molecule has 1 unspecified atom stereocenters. The van der Waals surface area contributed by atoms with Crippen LogP contribution in [-0.4, -0.2) is 6.36 Å². The number of ether oxygens (including phenoxy) is 1. The lowest BCUT2D eigenvalue weighted by atomic mass is 9.74. The number of fused-ring (bicyclic) bond motifs is 1. The van der Waals surface area contributed by atoms with E-state index < -0.39 is 58.9 Å². The van der Waals surface area contributed by atoms with Crippen LogP contribution < -0.4 is 4.74 Å². The predicted octanol–water partition coefficient (Wildman–Crippen LogP) is 10.9. The van der Waals surface area contributed by atoms with Crippen molar-refractivity contribution in [2.24, 2.45) is 5.92 Å². The van der Waals surface area contributed by atoms with Crippen LogP contribution in [0.5, 0.6) is 5.75 Å². The summed E-state index contributed by atoms with van der Waals surface area (Å²) in [5.74, 6) is -8.23. The second-order valence-corrected chi connectivity index (χ2v) is 12.4. The quantitative estimate of drug-likeness (QED) is 0.211. The van der Waals surface area contributed by atoms with Crippen molar-refractivity contribution in [1.82, 2.24) is 0 Å². The average Bonchev–Trinajstić information content (AvgIpc) is 2.99. The van der Waals surface area contributed by atoms with Crippen LogP contribution in [-0.2, 0) is 25.7 Å². The molecule has 2 aliphatic rings. The molecular formula is C35H35F9O. The molecule has 1 fully saturated rings. The Hall–Kier alpha value is -3.17. The highest BCUT2D eigenvalue weighted by Gasteiger charge is 2.35. The van der Waals surface area contributed by atoms with E-state index in [0.717, 1.165) is 25.0 Å². The van der Waals surface area contributed by atoms with Crippen molar-refractivity contribution in [1.29, 1.82) is 0 Å². The number of halogens is 9. The maximum atomic E-state index is 15.8. The first kappa shape index (κ1) is 33.2. The summed E-state index contributed by atoms with van der Waals surface area (Å²) in [6.07, 6.45) is 0.413. The number of aryl methyl sites for hydroxylation is 2. The molecule has 0 heterocycles. The van der Waals surface area contributed by atoms with Gasteiger partial charge in [0.2, 0.25) is 5.82 Å². The number of alkyl halides is 3. The molecule has 2 aliphatic carbocycles. The minimum Gasteiger partial charge on any atom is -0.403 e. The molecule has 5 rings (SSSR count). The van der Waals surface area contributed by atoms with Crippen molar-refractivity contribution < 1.29 is 44.3 Å². The Bertz CT molecular complexity index is 1520. The van der Waals surface area contributed by atoms with Gasteiger partial charge in [0.1, 0.15) is 11.6 Å². The highest BCUT2D eigenvalue weighted by molar-refractivity contribution is 5.40. The third-order valence-electron chi connectivity index (χ3n) is 9.50. The van der Waals surface area contributed by atoms with Crippen molar-refractivity contribution >= 4 is 0 Å². The van der Waals surface area contributed by atoms with Crippen molar-refractivity contribution in [2.75, 3.05) is 0 Å². The van der Waals surface area contributed by atoms with Gasteiger partial charge in [0.25, 0.3) is 0 Å². The van der Waals surface area contributed by atoms with E-state index in [1.807, 2.05) is 6.92 Å². The van der Waals surface area contributed by atoms with Gasteiger partial charge in [-0.2, -0.15) is 4.39 Å². The molecular weight excluding hydrogens is 607 g/mol. The molecule has 0 aliphatic heterocycles. The number of benzene rings is 3. The summed E-state index contributed by atoms with van der Waals surface area (Å²) in [6.45, 7) is 1.98. The maximum Gasteiger partial charge on any atom is 0.573 e. The summed E-state index contributed by atoms with van der Waals surface area (Å²) >= 11 is 0. The smallest absolute Gasteiger partial charge is 0.403 e. The van der Waals surface area contributed by atoms with Gasteiger partial charge in [-0.1, -0.05) is 31.5 Å². The summed E-state index contributed by atoms with van der Waals surface area (Å²) in [6, 6.07) is 6.43. The zero-order valence-electron chi connectivity index (χ0n) is 24.9. The average molecular weight is 643 g/mol. The fourth-order valence-corrected chi connectivity index (χ4v) is 7.06. The number of hydrogen-bond acceptors (Lipinski definition) is 1. The first-order valence-electron chi connectivity index (χ1n) is 15.6. The van der Waals surface area contributed by atoms with Gasteiger partial charge in [0, 0.05) is 5.56 Å². The van der Waals surface area contributed by atoms with Crippen molar-refractivity contribution in [3.63, 3.8) is 0 Å². The zero-order valence-corrected chi connectivity index (χ0v) is 24.9. The van der Waals surface area contributed by atoms with Crippen LogP contribution in [0.3, 0.4) is 0 Å². The van der Waals surface area contributed by atoms with Crippen LogP contribution in [0.2, 0.25) is 0 Å². The van der Waals surface area contributed by atoms with E-state index in [0.29, 0.717) is 73.6 Å². The van der Waals surface area contributed by atoms with Gasteiger partial charge in [-0.3, -0.25) is 0 Å². The molecule has 1 nitrogen and oxygen atoms in total. The monoisotopic (exact) mass is 642 g/mol. The largest absolute Gasteiger partial charge is 0.573 e. The molecule has 0 spiro atoms. The lowest BCUT2D eigenvalue weighted by Crippen LogP contribution is -2.21. The Kier molecular flexibility index (Phi) is 10.1. The molecule has 0 bridgehead atoms. The minimum absolute atomic E-state index is 0.0214. The van der Waals surface area contributed by atoms with Gasteiger partial charge in [0.05, 0.1) is 0 Å². The van der Waals surface area contributed by atoms with Crippen LogP contribution >= 0.6 is 0 Å². The van der Waals surface area contributed by atoms with E-state index in [9.17, 15) is 30.7 Å². The fraction of sp³-hybridized carbons (Fsp3) is 0.486. The van der Waals surface area contributed by atoms with Gasteiger partial charge in [-0.05, 0) is 128 Å². The normalized spacial score (nSPS) is 20.3. The van der Waals surface area contributed by atoms with Gasteiger partial charge in [-0.15, -0.1) is 13.2 Å². The van der Waals surface area contributed by atoms with Crippen LogP contribution in [0.1, 0.15) is 104 Å². The molecule has 0 amide bonds. The maximum absolute atomic E-state index is 15.8. The Labute approximate surface area is 256 Å². The predicted molar refractivity (Wildman–Crippen MR) is 152 cm³/mol. The first-order valence-corrected chi connectivity index (χ1v) is 15.6. The molecule has 45 heavy (non-hydrogen) atoms. The lowest BCUT2D eigenvalue weighted by Gasteiger charge is -2.32. The molecule has 3 aromatic rings. The summed E-state index contributed by atoms with van der Waals surface area (Å²) < 4.78 is 130.